The first-order valence-electron chi connectivity index (χ1n) is 5.50. The molecule has 2 heteroatoms. The van der Waals surface area contributed by atoms with Crippen molar-refractivity contribution in [3.8, 4) is 0 Å². The monoisotopic (exact) mass is 186 g/mol. The van der Waals surface area contributed by atoms with Crippen molar-refractivity contribution in [3.05, 3.63) is 0 Å². The third-order valence-corrected chi connectivity index (χ3v) is 2.84. The number of hydrogen-bond acceptors (Lipinski definition) is 2. The first-order chi connectivity index (χ1) is 6.29. The molecular formula is C11H22O2. The van der Waals surface area contributed by atoms with Crippen LogP contribution in [-0.4, -0.2) is 24.4 Å². The van der Waals surface area contributed by atoms with Gasteiger partial charge in [-0.1, -0.05) is 26.2 Å². The summed E-state index contributed by atoms with van der Waals surface area (Å²) in [7, 11) is 1.71. The van der Waals surface area contributed by atoms with E-state index in [1.54, 1.807) is 7.11 Å². The van der Waals surface area contributed by atoms with Crippen molar-refractivity contribution in [1.82, 2.24) is 0 Å². The Labute approximate surface area is 81.3 Å². The molecule has 1 aliphatic rings. The van der Waals surface area contributed by atoms with Crippen molar-refractivity contribution >= 4 is 0 Å². The minimum atomic E-state index is -0.232. The van der Waals surface area contributed by atoms with E-state index in [0.717, 1.165) is 12.8 Å². The van der Waals surface area contributed by atoms with Gasteiger partial charge in [0.05, 0.1) is 12.2 Å². The summed E-state index contributed by atoms with van der Waals surface area (Å²) >= 11 is 0. The Kier molecular flexibility index (Phi) is 4.74. The van der Waals surface area contributed by atoms with Crippen LogP contribution in [0.25, 0.3) is 0 Å². The van der Waals surface area contributed by atoms with Gasteiger partial charge in [-0.2, -0.15) is 0 Å². The Morgan fingerprint density at radius 3 is 2.54 bits per heavy atom. The van der Waals surface area contributed by atoms with Crippen LogP contribution in [0.15, 0.2) is 0 Å². The molecule has 0 aromatic heterocycles. The van der Waals surface area contributed by atoms with Gasteiger partial charge in [0.25, 0.3) is 0 Å². The van der Waals surface area contributed by atoms with Gasteiger partial charge in [-0.3, -0.25) is 0 Å². The molecule has 0 aliphatic heterocycles. The molecule has 0 heterocycles. The summed E-state index contributed by atoms with van der Waals surface area (Å²) < 4.78 is 5.32. The number of aliphatic hydroxyl groups excluding tert-OH is 1. The number of unbranched alkanes of at least 4 members (excludes halogenated alkanes) is 2. The van der Waals surface area contributed by atoms with E-state index in [0.29, 0.717) is 5.92 Å². The molecule has 0 bridgehead atoms. The minimum absolute atomic E-state index is 0.108. The molecule has 0 radical (unpaired) electrons. The Bertz CT molecular complexity index is 132. The zero-order valence-electron chi connectivity index (χ0n) is 8.83. The van der Waals surface area contributed by atoms with Crippen LogP contribution in [-0.2, 0) is 4.74 Å². The molecule has 1 fully saturated rings. The highest BCUT2D eigenvalue weighted by Gasteiger charge is 2.35. The zero-order valence-corrected chi connectivity index (χ0v) is 8.83. The molecule has 1 N–H and O–H groups in total. The van der Waals surface area contributed by atoms with E-state index in [4.69, 9.17) is 4.74 Å². The van der Waals surface area contributed by atoms with Gasteiger partial charge in [0.1, 0.15) is 0 Å². The molecule has 1 saturated carbocycles. The van der Waals surface area contributed by atoms with Gasteiger partial charge in [0, 0.05) is 7.11 Å². The Morgan fingerprint density at radius 2 is 2.08 bits per heavy atom. The molecule has 13 heavy (non-hydrogen) atoms. The van der Waals surface area contributed by atoms with Crippen LogP contribution in [0, 0.1) is 5.92 Å². The standard InChI is InChI=1S/C11H22O2/c1-3-4-5-6-10(12)11(13-2)9-7-8-9/h9-12H,3-8H2,1-2H3. The van der Waals surface area contributed by atoms with Gasteiger partial charge in [0.2, 0.25) is 0 Å². The maximum absolute atomic E-state index is 9.82. The van der Waals surface area contributed by atoms with E-state index in [1.165, 1.54) is 25.7 Å². The summed E-state index contributed by atoms with van der Waals surface area (Å²) in [4.78, 5) is 0. The lowest BCUT2D eigenvalue weighted by molar-refractivity contribution is -0.0288. The third-order valence-electron chi connectivity index (χ3n) is 2.84. The Hall–Kier alpha value is -0.0800. The number of ether oxygens (including phenoxy) is 1. The molecular weight excluding hydrogens is 164 g/mol. The molecule has 78 valence electrons. The SMILES string of the molecule is CCCCCC(O)C(OC)C1CC1. The molecule has 0 saturated heterocycles. The van der Waals surface area contributed by atoms with E-state index in [9.17, 15) is 5.11 Å². The largest absolute Gasteiger partial charge is 0.390 e. The van der Waals surface area contributed by atoms with Gasteiger partial charge < -0.3 is 9.84 Å². The minimum Gasteiger partial charge on any atom is -0.390 e. The highest BCUT2D eigenvalue weighted by Crippen LogP contribution is 2.36. The summed E-state index contributed by atoms with van der Waals surface area (Å²) in [5, 5.41) is 9.82. The fraction of sp³-hybridized carbons (Fsp3) is 1.00. The number of aliphatic hydroxyl groups is 1. The van der Waals surface area contributed by atoms with Crippen molar-refractivity contribution in [3.63, 3.8) is 0 Å². The van der Waals surface area contributed by atoms with Crippen LogP contribution in [0.2, 0.25) is 0 Å². The molecule has 1 aliphatic carbocycles. The van der Waals surface area contributed by atoms with Crippen LogP contribution in [0.5, 0.6) is 0 Å². The van der Waals surface area contributed by atoms with E-state index >= 15 is 0 Å². The fourth-order valence-corrected chi connectivity index (χ4v) is 1.86. The van der Waals surface area contributed by atoms with Crippen LogP contribution in [0.1, 0.15) is 45.4 Å². The van der Waals surface area contributed by atoms with Gasteiger partial charge in [-0.15, -0.1) is 0 Å². The van der Waals surface area contributed by atoms with Crippen molar-refractivity contribution in [2.45, 2.75) is 57.7 Å². The molecule has 2 nitrogen and oxygen atoms in total. The zero-order chi connectivity index (χ0) is 9.68. The van der Waals surface area contributed by atoms with Crippen LogP contribution in [0.3, 0.4) is 0 Å². The predicted octanol–water partition coefficient (Wildman–Crippen LogP) is 2.35. The molecule has 0 spiro atoms. The predicted molar refractivity (Wildman–Crippen MR) is 53.7 cm³/mol. The third kappa shape index (κ3) is 3.65. The lowest BCUT2D eigenvalue weighted by Crippen LogP contribution is -2.29. The van der Waals surface area contributed by atoms with Crippen molar-refractivity contribution in [2.75, 3.05) is 7.11 Å². The van der Waals surface area contributed by atoms with Crippen molar-refractivity contribution in [2.24, 2.45) is 5.92 Å². The molecule has 0 aromatic rings. The lowest BCUT2D eigenvalue weighted by atomic mass is 10.0. The smallest absolute Gasteiger partial charge is 0.0858 e. The second-order valence-electron chi connectivity index (χ2n) is 4.10. The highest BCUT2D eigenvalue weighted by molar-refractivity contribution is 4.86. The maximum atomic E-state index is 9.82. The van der Waals surface area contributed by atoms with Gasteiger partial charge >= 0.3 is 0 Å². The Balaban J connectivity index is 2.15. The highest BCUT2D eigenvalue weighted by atomic mass is 16.5. The summed E-state index contributed by atoms with van der Waals surface area (Å²) in [5.74, 6) is 0.640. The summed E-state index contributed by atoms with van der Waals surface area (Å²) in [6.07, 6.45) is 6.83. The lowest BCUT2D eigenvalue weighted by Gasteiger charge is -2.20. The van der Waals surface area contributed by atoms with E-state index < -0.39 is 0 Å². The van der Waals surface area contributed by atoms with E-state index in [-0.39, 0.29) is 12.2 Å². The number of methoxy groups -OCH3 is 1. The fourth-order valence-electron chi connectivity index (χ4n) is 1.86. The van der Waals surface area contributed by atoms with Gasteiger partial charge in [-0.05, 0) is 25.2 Å². The topological polar surface area (TPSA) is 29.5 Å². The first-order valence-corrected chi connectivity index (χ1v) is 5.50. The van der Waals surface area contributed by atoms with E-state index in [2.05, 4.69) is 6.92 Å². The second-order valence-corrected chi connectivity index (χ2v) is 4.10. The average molecular weight is 186 g/mol. The summed E-state index contributed by atoms with van der Waals surface area (Å²) in [6, 6.07) is 0. The van der Waals surface area contributed by atoms with Crippen molar-refractivity contribution in [1.29, 1.82) is 0 Å². The number of rotatable bonds is 7. The molecule has 2 unspecified atom stereocenters. The van der Waals surface area contributed by atoms with Crippen LogP contribution < -0.4 is 0 Å². The molecule has 0 aromatic carbocycles. The normalized spacial score (nSPS) is 21.5. The molecule has 2 atom stereocenters. The summed E-state index contributed by atoms with van der Waals surface area (Å²) in [5.41, 5.74) is 0. The number of hydrogen-bond donors (Lipinski definition) is 1. The maximum Gasteiger partial charge on any atom is 0.0858 e. The first kappa shape index (κ1) is 11.0. The summed E-state index contributed by atoms with van der Waals surface area (Å²) in [6.45, 7) is 2.18. The van der Waals surface area contributed by atoms with Crippen LogP contribution in [0.4, 0.5) is 0 Å². The van der Waals surface area contributed by atoms with Crippen molar-refractivity contribution < 1.29 is 9.84 Å². The Morgan fingerprint density at radius 1 is 1.38 bits per heavy atom. The van der Waals surface area contributed by atoms with E-state index in [1.807, 2.05) is 0 Å². The quantitative estimate of drug-likeness (QED) is 0.618. The van der Waals surface area contributed by atoms with Crippen LogP contribution >= 0.6 is 0 Å². The molecule has 0 amide bonds. The second kappa shape index (κ2) is 5.61. The van der Waals surface area contributed by atoms with Gasteiger partial charge in [0.15, 0.2) is 0 Å². The average Bonchev–Trinajstić information content (AvgIpc) is 2.90. The molecule has 1 rings (SSSR count). The van der Waals surface area contributed by atoms with Gasteiger partial charge in [-0.25, -0.2) is 0 Å².